The maximum atomic E-state index is 12.6. The molecule has 1 atom stereocenters. The first kappa shape index (κ1) is 18.0. The number of carbonyl (C=O) groups excluding carboxylic acids is 1. The molecule has 0 fully saturated rings. The standard InChI is InChI=1S/C22H24N2O2/c1-24(2)19(12-16-8-4-3-5-9-16)15-23-22(26)20-13-17-10-6-7-11-18(17)14-21(20)25/h3-11,13-14,19,25H,12,15H2,1-2H3,(H,23,26)/t19-/m0/s1. The lowest BCUT2D eigenvalue weighted by Crippen LogP contribution is -2.41. The zero-order chi connectivity index (χ0) is 18.5. The van der Waals surface area contributed by atoms with Crippen molar-refractivity contribution in [3.8, 4) is 5.75 Å². The third-order valence-corrected chi connectivity index (χ3v) is 4.65. The van der Waals surface area contributed by atoms with Crippen molar-refractivity contribution in [3.63, 3.8) is 0 Å². The molecule has 0 radical (unpaired) electrons. The molecule has 0 bridgehead atoms. The molecule has 0 aliphatic rings. The second-order valence-corrected chi connectivity index (χ2v) is 6.73. The van der Waals surface area contributed by atoms with Crippen LogP contribution < -0.4 is 5.32 Å². The molecule has 1 amide bonds. The molecule has 0 aliphatic heterocycles. The highest BCUT2D eigenvalue weighted by Crippen LogP contribution is 2.24. The lowest BCUT2D eigenvalue weighted by Gasteiger charge is -2.25. The monoisotopic (exact) mass is 348 g/mol. The summed E-state index contributed by atoms with van der Waals surface area (Å²) in [6, 6.07) is 21.4. The minimum atomic E-state index is -0.256. The van der Waals surface area contributed by atoms with Gasteiger partial charge < -0.3 is 15.3 Å². The molecule has 0 saturated heterocycles. The van der Waals surface area contributed by atoms with E-state index in [0.29, 0.717) is 12.1 Å². The minimum absolute atomic E-state index is 0.00524. The molecule has 26 heavy (non-hydrogen) atoms. The number of aromatic hydroxyl groups is 1. The maximum Gasteiger partial charge on any atom is 0.255 e. The van der Waals surface area contributed by atoms with Gasteiger partial charge >= 0.3 is 0 Å². The number of amides is 1. The molecule has 2 N–H and O–H groups in total. The highest BCUT2D eigenvalue weighted by molar-refractivity contribution is 6.01. The van der Waals surface area contributed by atoms with Crippen molar-refractivity contribution in [2.45, 2.75) is 12.5 Å². The predicted molar refractivity (Wildman–Crippen MR) is 106 cm³/mol. The number of carbonyl (C=O) groups is 1. The Labute approximate surface area is 154 Å². The molecule has 3 rings (SSSR count). The molecular formula is C22H24N2O2. The molecule has 4 heteroatoms. The largest absolute Gasteiger partial charge is 0.507 e. The van der Waals surface area contributed by atoms with Crippen LogP contribution in [0.15, 0.2) is 66.7 Å². The van der Waals surface area contributed by atoms with Crippen molar-refractivity contribution < 1.29 is 9.90 Å². The van der Waals surface area contributed by atoms with Crippen LogP contribution >= 0.6 is 0 Å². The molecular weight excluding hydrogens is 324 g/mol. The highest BCUT2D eigenvalue weighted by atomic mass is 16.3. The Bertz CT molecular complexity index is 891. The van der Waals surface area contributed by atoms with E-state index in [2.05, 4.69) is 22.3 Å². The van der Waals surface area contributed by atoms with Crippen LogP contribution in [0.25, 0.3) is 10.8 Å². The van der Waals surface area contributed by atoms with Crippen LogP contribution in [0.2, 0.25) is 0 Å². The summed E-state index contributed by atoms with van der Waals surface area (Å²) in [6.07, 6.45) is 0.845. The zero-order valence-electron chi connectivity index (χ0n) is 15.1. The van der Waals surface area contributed by atoms with Crippen LogP contribution in [0, 0.1) is 0 Å². The van der Waals surface area contributed by atoms with E-state index in [0.717, 1.165) is 17.2 Å². The molecule has 3 aromatic carbocycles. The molecule has 4 nitrogen and oxygen atoms in total. The number of phenolic OH excluding ortho intramolecular Hbond substituents is 1. The number of nitrogens with one attached hydrogen (secondary N) is 1. The number of fused-ring (bicyclic) bond motifs is 1. The van der Waals surface area contributed by atoms with E-state index in [1.807, 2.05) is 56.6 Å². The van der Waals surface area contributed by atoms with Crippen LogP contribution in [0.3, 0.4) is 0 Å². The van der Waals surface area contributed by atoms with Crippen LogP contribution in [0.5, 0.6) is 5.75 Å². The fourth-order valence-electron chi connectivity index (χ4n) is 3.04. The third-order valence-electron chi connectivity index (χ3n) is 4.65. The summed E-state index contributed by atoms with van der Waals surface area (Å²) in [5, 5.41) is 15.0. The summed E-state index contributed by atoms with van der Waals surface area (Å²) < 4.78 is 0. The summed E-state index contributed by atoms with van der Waals surface area (Å²) in [7, 11) is 4.01. The average molecular weight is 348 g/mol. The van der Waals surface area contributed by atoms with E-state index in [1.54, 1.807) is 12.1 Å². The Balaban J connectivity index is 1.71. The normalized spacial score (nSPS) is 12.3. The van der Waals surface area contributed by atoms with Gasteiger partial charge in [0.15, 0.2) is 0 Å². The second kappa shape index (κ2) is 8.02. The third kappa shape index (κ3) is 4.21. The van der Waals surface area contributed by atoms with E-state index < -0.39 is 0 Å². The quantitative estimate of drug-likeness (QED) is 0.717. The number of hydrogen-bond acceptors (Lipinski definition) is 3. The van der Waals surface area contributed by atoms with Gasteiger partial charge in [-0.15, -0.1) is 0 Å². The summed E-state index contributed by atoms with van der Waals surface area (Å²) in [5.74, 6) is -0.251. The van der Waals surface area contributed by atoms with Gasteiger partial charge in [0.1, 0.15) is 5.75 Å². The Morgan fingerprint density at radius 1 is 1.00 bits per heavy atom. The first-order valence-electron chi connectivity index (χ1n) is 8.75. The van der Waals surface area contributed by atoms with Gasteiger partial charge in [-0.3, -0.25) is 4.79 Å². The van der Waals surface area contributed by atoms with E-state index in [1.165, 1.54) is 5.56 Å². The smallest absolute Gasteiger partial charge is 0.255 e. The zero-order valence-corrected chi connectivity index (χ0v) is 15.1. The number of likely N-dealkylation sites (N-methyl/N-ethyl adjacent to an activating group) is 1. The Kier molecular flexibility index (Phi) is 5.54. The maximum absolute atomic E-state index is 12.6. The minimum Gasteiger partial charge on any atom is -0.507 e. The fraction of sp³-hybridized carbons (Fsp3) is 0.227. The van der Waals surface area contributed by atoms with E-state index in [-0.39, 0.29) is 17.7 Å². The fourth-order valence-corrected chi connectivity index (χ4v) is 3.04. The van der Waals surface area contributed by atoms with Crippen molar-refractivity contribution >= 4 is 16.7 Å². The number of benzene rings is 3. The Morgan fingerprint density at radius 3 is 2.27 bits per heavy atom. The van der Waals surface area contributed by atoms with E-state index in [4.69, 9.17) is 0 Å². The van der Waals surface area contributed by atoms with Gasteiger partial charge in [0, 0.05) is 12.6 Å². The van der Waals surface area contributed by atoms with Crippen LogP contribution in [0.1, 0.15) is 15.9 Å². The topological polar surface area (TPSA) is 52.6 Å². The second-order valence-electron chi connectivity index (χ2n) is 6.73. The van der Waals surface area contributed by atoms with E-state index >= 15 is 0 Å². The summed E-state index contributed by atoms with van der Waals surface area (Å²) >= 11 is 0. The van der Waals surface area contributed by atoms with Crippen molar-refractivity contribution in [1.29, 1.82) is 0 Å². The molecule has 3 aromatic rings. The summed E-state index contributed by atoms with van der Waals surface area (Å²) in [4.78, 5) is 14.7. The van der Waals surface area contributed by atoms with Crippen molar-refractivity contribution in [3.05, 3.63) is 77.9 Å². The van der Waals surface area contributed by atoms with Gasteiger partial charge in [-0.25, -0.2) is 0 Å². The van der Waals surface area contributed by atoms with Crippen LogP contribution in [0.4, 0.5) is 0 Å². The van der Waals surface area contributed by atoms with Crippen molar-refractivity contribution in [2.75, 3.05) is 20.6 Å². The van der Waals surface area contributed by atoms with Gasteiger partial charge in [0.05, 0.1) is 5.56 Å². The Hall–Kier alpha value is -2.85. The lowest BCUT2D eigenvalue weighted by atomic mass is 10.0. The lowest BCUT2D eigenvalue weighted by molar-refractivity contribution is 0.0939. The first-order chi connectivity index (χ1) is 12.5. The molecule has 0 aliphatic carbocycles. The highest BCUT2D eigenvalue weighted by Gasteiger charge is 2.17. The first-order valence-corrected chi connectivity index (χ1v) is 8.75. The average Bonchev–Trinajstić information content (AvgIpc) is 2.65. The predicted octanol–water partition coefficient (Wildman–Crippen LogP) is 3.45. The summed E-state index contributed by atoms with van der Waals surface area (Å²) in [6.45, 7) is 0.507. The molecule has 0 heterocycles. The molecule has 0 aromatic heterocycles. The van der Waals surface area contributed by atoms with Crippen molar-refractivity contribution in [2.24, 2.45) is 0 Å². The molecule has 0 unspecified atom stereocenters. The number of rotatable bonds is 6. The molecule has 134 valence electrons. The summed E-state index contributed by atoms with van der Waals surface area (Å²) in [5.41, 5.74) is 1.54. The van der Waals surface area contributed by atoms with Gasteiger partial charge in [-0.1, -0.05) is 54.6 Å². The number of phenols is 1. The van der Waals surface area contributed by atoms with Gasteiger partial charge in [-0.05, 0) is 49.0 Å². The molecule has 0 spiro atoms. The van der Waals surface area contributed by atoms with Gasteiger partial charge in [-0.2, -0.15) is 0 Å². The van der Waals surface area contributed by atoms with Crippen LogP contribution in [-0.4, -0.2) is 42.6 Å². The van der Waals surface area contributed by atoms with Gasteiger partial charge in [0.25, 0.3) is 5.91 Å². The number of hydrogen-bond donors (Lipinski definition) is 2. The van der Waals surface area contributed by atoms with E-state index in [9.17, 15) is 9.90 Å². The van der Waals surface area contributed by atoms with Gasteiger partial charge in [0.2, 0.25) is 0 Å². The van der Waals surface area contributed by atoms with Crippen molar-refractivity contribution in [1.82, 2.24) is 10.2 Å². The SMILES string of the molecule is CN(C)[C@H](CNC(=O)c1cc2ccccc2cc1O)Cc1ccccc1. The molecule has 0 saturated carbocycles. The van der Waals surface area contributed by atoms with Crippen LogP contribution in [-0.2, 0) is 6.42 Å². The number of nitrogens with zero attached hydrogens (tertiary/aromatic N) is 1. The Morgan fingerprint density at radius 2 is 1.62 bits per heavy atom.